The molecule has 1 aromatic carbocycles. The van der Waals surface area contributed by atoms with Crippen LogP contribution in [0.3, 0.4) is 0 Å². The number of rotatable bonds is 5. The van der Waals surface area contributed by atoms with E-state index >= 15 is 0 Å². The number of hydrogen-bond acceptors (Lipinski definition) is 3. The molecule has 0 bridgehead atoms. The Kier molecular flexibility index (Phi) is 4.99. The first-order chi connectivity index (χ1) is 9.15. The number of hydrogen-bond donors (Lipinski definition) is 1. The van der Waals surface area contributed by atoms with Gasteiger partial charge in [0.25, 0.3) is 0 Å². The molecule has 0 saturated carbocycles. The number of halogens is 1. The van der Waals surface area contributed by atoms with Crippen LogP contribution in [0.1, 0.15) is 17.2 Å². The number of aliphatic carboxylic acids is 1. The average Bonchev–Trinajstić information content (AvgIpc) is 2.41. The first kappa shape index (κ1) is 14.1. The third kappa shape index (κ3) is 4.36. The van der Waals surface area contributed by atoms with E-state index in [1.165, 1.54) is 11.8 Å². The highest BCUT2D eigenvalue weighted by molar-refractivity contribution is 9.10. The quantitative estimate of drug-likeness (QED) is 0.832. The molecule has 0 fully saturated rings. The maximum atomic E-state index is 11.0. The Hall–Kier alpha value is -1.33. The van der Waals surface area contributed by atoms with Crippen LogP contribution in [0.2, 0.25) is 0 Å². The molecule has 0 radical (unpaired) electrons. The second kappa shape index (κ2) is 6.73. The molecule has 0 aliphatic rings. The normalized spacial score (nSPS) is 12.1. The summed E-state index contributed by atoms with van der Waals surface area (Å²) in [5.41, 5.74) is 1.000. The molecular weight excluding hydrogens is 326 g/mol. The second-order valence-corrected chi connectivity index (χ2v) is 6.07. The van der Waals surface area contributed by atoms with Gasteiger partial charge in [0.1, 0.15) is 0 Å². The lowest BCUT2D eigenvalue weighted by Crippen LogP contribution is -2.03. The average molecular weight is 338 g/mol. The van der Waals surface area contributed by atoms with Gasteiger partial charge in [-0.3, -0.25) is 4.79 Å². The van der Waals surface area contributed by atoms with Gasteiger partial charge in [-0.2, -0.15) is 0 Å². The fourth-order valence-electron chi connectivity index (χ4n) is 1.63. The first-order valence-electron chi connectivity index (χ1n) is 5.70. The Morgan fingerprint density at radius 2 is 2.00 bits per heavy atom. The Bertz CT molecular complexity index is 545. The zero-order chi connectivity index (χ0) is 13.7. The Morgan fingerprint density at radius 3 is 2.58 bits per heavy atom. The second-order valence-electron chi connectivity index (χ2n) is 3.93. The van der Waals surface area contributed by atoms with Gasteiger partial charge in [-0.15, -0.1) is 0 Å². The maximum absolute atomic E-state index is 11.0. The van der Waals surface area contributed by atoms with Gasteiger partial charge >= 0.3 is 5.97 Å². The number of thioether (sulfide) groups is 1. The molecule has 0 saturated heterocycles. The van der Waals surface area contributed by atoms with Crippen molar-refractivity contribution in [2.45, 2.75) is 16.7 Å². The van der Waals surface area contributed by atoms with Crippen molar-refractivity contribution >= 4 is 33.7 Å². The molecule has 0 amide bonds. The summed E-state index contributed by atoms with van der Waals surface area (Å²) in [5.74, 6) is -0.807. The number of carboxylic acid groups (broad SMARTS) is 1. The van der Waals surface area contributed by atoms with E-state index in [2.05, 4.69) is 20.9 Å². The summed E-state index contributed by atoms with van der Waals surface area (Å²) in [5, 5.41) is 9.71. The summed E-state index contributed by atoms with van der Waals surface area (Å²) >= 11 is 4.80. The van der Waals surface area contributed by atoms with Crippen molar-refractivity contribution in [1.82, 2.24) is 4.98 Å². The first-order valence-corrected chi connectivity index (χ1v) is 7.37. The molecule has 98 valence electrons. The molecule has 0 spiro atoms. The van der Waals surface area contributed by atoms with E-state index in [0.29, 0.717) is 0 Å². The fourth-order valence-corrected chi connectivity index (χ4v) is 2.94. The third-order valence-corrected chi connectivity index (χ3v) is 4.17. The van der Waals surface area contributed by atoms with Gasteiger partial charge in [-0.05, 0) is 33.6 Å². The van der Waals surface area contributed by atoms with Gasteiger partial charge in [-0.1, -0.05) is 42.1 Å². The van der Waals surface area contributed by atoms with Crippen LogP contribution in [0.25, 0.3) is 0 Å². The van der Waals surface area contributed by atoms with E-state index in [1.54, 1.807) is 6.20 Å². The monoisotopic (exact) mass is 337 g/mol. The highest BCUT2D eigenvalue weighted by Crippen LogP contribution is 2.36. The Balaban J connectivity index is 2.19. The van der Waals surface area contributed by atoms with Gasteiger partial charge in [0, 0.05) is 15.9 Å². The van der Waals surface area contributed by atoms with Crippen LogP contribution in [0.5, 0.6) is 0 Å². The molecular formula is C14H12BrNO2S. The van der Waals surface area contributed by atoms with Crippen LogP contribution in [0.15, 0.2) is 58.2 Å². The highest BCUT2D eigenvalue weighted by atomic mass is 79.9. The zero-order valence-electron chi connectivity index (χ0n) is 9.99. The summed E-state index contributed by atoms with van der Waals surface area (Å²) < 4.78 is 0.909. The molecule has 1 N–H and O–H groups in total. The molecule has 1 atom stereocenters. The highest BCUT2D eigenvalue weighted by Gasteiger charge is 2.17. The van der Waals surface area contributed by atoms with E-state index in [4.69, 9.17) is 5.11 Å². The number of pyridine rings is 1. The van der Waals surface area contributed by atoms with E-state index in [0.717, 1.165) is 15.1 Å². The lowest BCUT2D eigenvalue weighted by Gasteiger charge is -2.14. The predicted molar refractivity (Wildman–Crippen MR) is 79.2 cm³/mol. The van der Waals surface area contributed by atoms with E-state index in [-0.39, 0.29) is 11.7 Å². The maximum Gasteiger partial charge on any atom is 0.304 e. The van der Waals surface area contributed by atoms with Crippen molar-refractivity contribution in [3.63, 3.8) is 0 Å². The summed E-state index contributed by atoms with van der Waals surface area (Å²) in [6.07, 6.45) is 1.79. The molecule has 19 heavy (non-hydrogen) atoms. The Labute approximate surface area is 124 Å². The smallest absolute Gasteiger partial charge is 0.304 e. The molecule has 0 aliphatic heterocycles. The van der Waals surface area contributed by atoms with Gasteiger partial charge in [0.05, 0.1) is 11.4 Å². The molecule has 3 nitrogen and oxygen atoms in total. The van der Waals surface area contributed by atoms with Crippen LogP contribution < -0.4 is 0 Å². The minimum atomic E-state index is -0.807. The number of aromatic nitrogens is 1. The van der Waals surface area contributed by atoms with E-state index in [1.807, 2.05) is 42.5 Å². The lowest BCUT2D eigenvalue weighted by atomic mass is 10.1. The van der Waals surface area contributed by atoms with Crippen LogP contribution >= 0.6 is 27.7 Å². The van der Waals surface area contributed by atoms with Crippen molar-refractivity contribution in [3.8, 4) is 0 Å². The van der Waals surface area contributed by atoms with Crippen molar-refractivity contribution in [1.29, 1.82) is 0 Å². The third-order valence-electron chi connectivity index (χ3n) is 2.49. The van der Waals surface area contributed by atoms with Gasteiger partial charge in [0.2, 0.25) is 0 Å². The lowest BCUT2D eigenvalue weighted by molar-refractivity contribution is -0.137. The van der Waals surface area contributed by atoms with Gasteiger partial charge < -0.3 is 5.11 Å². The largest absolute Gasteiger partial charge is 0.481 e. The van der Waals surface area contributed by atoms with Crippen molar-refractivity contribution in [2.24, 2.45) is 0 Å². The molecule has 1 unspecified atom stereocenters. The zero-order valence-corrected chi connectivity index (χ0v) is 12.4. The summed E-state index contributed by atoms with van der Waals surface area (Å²) in [4.78, 5) is 15.3. The number of carboxylic acids is 1. The van der Waals surface area contributed by atoms with Gasteiger partial charge in [-0.25, -0.2) is 4.98 Å². The standard InChI is InChI=1S/C14H12BrNO2S/c15-11-6-7-13(16-9-11)19-12(8-14(17)18)10-4-2-1-3-5-10/h1-7,9,12H,8H2,(H,17,18). The summed E-state index contributed by atoms with van der Waals surface area (Å²) in [6.45, 7) is 0. The fraction of sp³-hybridized carbons (Fsp3) is 0.143. The molecule has 2 rings (SSSR count). The number of nitrogens with zero attached hydrogens (tertiary/aromatic N) is 1. The molecule has 1 aromatic heterocycles. The van der Waals surface area contributed by atoms with Crippen LogP contribution in [0, 0.1) is 0 Å². The summed E-state index contributed by atoms with van der Waals surface area (Å²) in [7, 11) is 0. The van der Waals surface area contributed by atoms with E-state index in [9.17, 15) is 4.79 Å². The van der Waals surface area contributed by atoms with E-state index < -0.39 is 5.97 Å². The SMILES string of the molecule is O=C(O)CC(Sc1ccc(Br)cn1)c1ccccc1. The minimum absolute atomic E-state index is 0.0758. The van der Waals surface area contributed by atoms with Crippen LogP contribution in [0.4, 0.5) is 0 Å². The van der Waals surface area contributed by atoms with Crippen molar-refractivity contribution in [3.05, 3.63) is 58.7 Å². The topological polar surface area (TPSA) is 50.2 Å². The molecule has 0 aliphatic carbocycles. The molecule has 1 heterocycles. The number of benzene rings is 1. The minimum Gasteiger partial charge on any atom is -0.481 e. The number of carbonyl (C=O) groups is 1. The van der Waals surface area contributed by atoms with Crippen LogP contribution in [-0.2, 0) is 4.79 Å². The summed E-state index contributed by atoms with van der Waals surface area (Å²) in [6, 6.07) is 13.4. The molecule has 2 aromatic rings. The van der Waals surface area contributed by atoms with Crippen molar-refractivity contribution in [2.75, 3.05) is 0 Å². The van der Waals surface area contributed by atoms with Crippen LogP contribution in [-0.4, -0.2) is 16.1 Å². The van der Waals surface area contributed by atoms with Crippen molar-refractivity contribution < 1.29 is 9.90 Å². The van der Waals surface area contributed by atoms with Gasteiger partial charge in [0.15, 0.2) is 0 Å². The predicted octanol–water partition coefficient (Wildman–Crippen LogP) is 4.15. The Morgan fingerprint density at radius 1 is 1.26 bits per heavy atom. The molecule has 5 heteroatoms.